The van der Waals surface area contributed by atoms with Crippen LogP contribution in [0.5, 0.6) is 0 Å². The van der Waals surface area contributed by atoms with Gasteiger partial charge in [-0.3, -0.25) is 5.32 Å². The first-order chi connectivity index (χ1) is 9.54. The monoisotopic (exact) mass is 294 g/mol. The molecule has 0 aliphatic carbocycles. The summed E-state index contributed by atoms with van der Waals surface area (Å²) in [5.41, 5.74) is 0.136. The lowest BCUT2D eigenvalue weighted by Crippen LogP contribution is -2.47. The van der Waals surface area contributed by atoms with Gasteiger partial charge in [-0.25, -0.2) is 0 Å². The highest BCUT2D eigenvalue weighted by Gasteiger charge is 2.32. The van der Waals surface area contributed by atoms with Gasteiger partial charge < -0.3 is 10.2 Å². The number of aliphatic hydroxyl groups excluding tert-OH is 2. The van der Waals surface area contributed by atoms with Crippen LogP contribution in [-0.4, -0.2) is 40.5 Å². The van der Waals surface area contributed by atoms with Crippen molar-refractivity contribution in [1.29, 1.82) is 5.26 Å². The predicted octanol–water partition coefficient (Wildman–Crippen LogP) is 1.49. The molecule has 0 aromatic heterocycles. The third-order valence-electron chi connectivity index (χ3n) is 2.83. The Bertz CT molecular complexity index is 433. The number of nitrogens with zero attached hydrogens (tertiary/aromatic N) is 1. The highest BCUT2D eigenvalue weighted by Crippen LogP contribution is 2.26. The van der Waals surface area contributed by atoms with Crippen molar-refractivity contribution in [1.82, 2.24) is 5.32 Å². The van der Waals surface area contributed by atoms with Crippen molar-refractivity contribution in [2.75, 3.05) is 18.1 Å². The van der Waals surface area contributed by atoms with Crippen LogP contribution in [0.2, 0.25) is 0 Å². The number of thioether (sulfide) groups is 1. The largest absolute Gasteiger partial charge is 0.394 e. The molecule has 1 aromatic carbocycles. The van der Waals surface area contributed by atoms with E-state index in [2.05, 4.69) is 11.4 Å². The molecule has 2 atom stereocenters. The van der Waals surface area contributed by atoms with Crippen LogP contribution in [0.3, 0.4) is 0 Å². The van der Waals surface area contributed by atoms with Crippen molar-refractivity contribution in [2.24, 2.45) is 0 Å². The molecule has 1 rings (SSSR count). The van der Waals surface area contributed by atoms with E-state index in [-0.39, 0.29) is 12.6 Å². The molecule has 0 saturated heterocycles. The molecule has 0 spiro atoms. The number of nitriles is 1. The van der Waals surface area contributed by atoms with Gasteiger partial charge in [0.2, 0.25) is 0 Å². The summed E-state index contributed by atoms with van der Waals surface area (Å²) in [6, 6.07) is 12.2. The zero-order valence-electron chi connectivity index (χ0n) is 11.9. The van der Waals surface area contributed by atoms with Gasteiger partial charge in [0.1, 0.15) is 5.54 Å². The molecule has 0 aliphatic rings. The summed E-state index contributed by atoms with van der Waals surface area (Å²) in [7, 11) is 0. The quantitative estimate of drug-likeness (QED) is 0.677. The molecule has 4 nitrogen and oxygen atoms in total. The second-order valence-electron chi connectivity index (χ2n) is 5.03. The van der Waals surface area contributed by atoms with Gasteiger partial charge in [0.15, 0.2) is 0 Å². The van der Waals surface area contributed by atoms with Gasteiger partial charge in [0, 0.05) is 17.5 Å². The minimum absolute atomic E-state index is 0.165. The van der Waals surface area contributed by atoms with E-state index in [9.17, 15) is 10.4 Å². The van der Waals surface area contributed by atoms with Crippen LogP contribution >= 0.6 is 11.8 Å². The van der Waals surface area contributed by atoms with Crippen molar-refractivity contribution in [3.63, 3.8) is 0 Å². The zero-order valence-corrected chi connectivity index (χ0v) is 12.7. The Hall–Kier alpha value is -1.06. The van der Waals surface area contributed by atoms with Gasteiger partial charge in [-0.05, 0) is 19.4 Å². The number of benzene rings is 1. The van der Waals surface area contributed by atoms with Crippen molar-refractivity contribution in [2.45, 2.75) is 31.5 Å². The van der Waals surface area contributed by atoms with Crippen LogP contribution in [0.15, 0.2) is 30.3 Å². The molecule has 3 N–H and O–H groups in total. The summed E-state index contributed by atoms with van der Waals surface area (Å²) in [4.78, 5) is 0. The number of nitrogens with one attached hydrogen (secondary N) is 1. The fourth-order valence-corrected chi connectivity index (χ4v) is 3.07. The Morgan fingerprint density at radius 3 is 2.50 bits per heavy atom. The topological polar surface area (TPSA) is 76.3 Å². The van der Waals surface area contributed by atoms with E-state index in [1.54, 1.807) is 0 Å². The molecular weight excluding hydrogens is 272 g/mol. The van der Waals surface area contributed by atoms with Gasteiger partial charge in [-0.1, -0.05) is 30.3 Å². The minimum Gasteiger partial charge on any atom is -0.394 e. The summed E-state index contributed by atoms with van der Waals surface area (Å²) < 4.78 is 0. The van der Waals surface area contributed by atoms with Gasteiger partial charge in [0.05, 0.1) is 18.8 Å². The lowest BCUT2D eigenvalue weighted by molar-refractivity contribution is 0.113. The van der Waals surface area contributed by atoms with Crippen LogP contribution in [0.25, 0.3) is 0 Å². The van der Waals surface area contributed by atoms with Crippen LogP contribution < -0.4 is 5.32 Å². The predicted molar refractivity (Wildman–Crippen MR) is 82.4 cm³/mol. The maximum atomic E-state index is 9.66. The minimum atomic E-state index is -0.782. The van der Waals surface area contributed by atoms with Crippen LogP contribution in [0.1, 0.15) is 19.4 Å². The molecule has 0 fully saturated rings. The molecule has 0 radical (unpaired) electrons. The Labute approximate surface area is 124 Å². The van der Waals surface area contributed by atoms with Crippen LogP contribution in [-0.2, 0) is 5.54 Å². The summed E-state index contributed by atoms with van der Waals surface area (Å²) >= 11 is 1.46. The third-order valence-corrected chi connectivity index (χ3v) is 4.09. The normalized spacial score (nSPS) is 15.6. The Kier molecular flexibility index (Phi) is 7.03. The lowest BCUT2D eigenvalue weighted by atomic mass is 9.92. The fourth-order valence-electron chi connectivity index (χ4n) is 1.95. The molecule has 110 valence electrons. The average molecular weight is 294 g/mol. The van der Waals surface area contributed by atoms with Gasteiger partial charge >= 0.3 is 0 Å². The van der Waals surface area contributed by atoms with E-state index in [1.807, 2.05) is 44.2 Å². The van der Waals surface area contributed by atoms with Gasteiger partial charge in [-0.2, -0.15) is 17.0 Å². The van der Waals surface area contributed by atoms with E-state index in [0.717, 1.165) is 5.56 Å². The number of hydrogen-bond donors (Lipinski definition) is 3. The molecule has 0 bridgehead atoms. The molecule has 0 heterocycles. The van der Waals surface area contributed by atoms with E-state index in [0.29, 0.717) is 11.5 Å². The molecule has 0 saturated carbocycles. The SMILES string of the molecule is CC(C)NC(C#N)(CSCC(O)CO)c1ccccc1. The Balaban J connectivity index is 2.87. The Morgan fingerprint density at radius 2 is 2.00 bits per heavy atom. The smallest absolute Gasteiger partial charge is 0.141 e. The molecular formula is C15H22N2O2S. The van der Waals surface area contributed by atoms with E-state index < -0.39 is 11.6 Å². The molecule has 0 amide bonds. The average Bonchev–Trinajstić information content (AvgIpc) is 2.46. The van der Waals surface area contributed by atoms with Crippen LogP contribution in [0, 0.1) is 11.3 Å². The van der Waals surface area contributed by atoms with E-state index in [1.165, 1.54) is 11.8 Å². The summed E-state index contributed by atoms with van der Waals surface area (Å²) in [5, 5.41) is 31.2. The highest BCUT2D eigenvalue weighted by molar-refractivity contribution is 7.99. The highest BCUT2D eigenvalue weighted by atomic mass is 32.2. The lowest BCUT2D eigenvalue weighted by Gasteiger charge is -2.30. The first-order valence-electron chi connectivity index (χ1n) is 6.65. The summed E-state index contributed by atoms with van der Waals surface area (Å²) in [6.45, 7) is 3.75. The summed E-state index contributed by atoms with van der Waals surface area (Å²) in [6.07, 6.45) is -0.744. The first kappa shape index (κ1) is 17.0. The Morgan fingerprint density at radius 1 is 1.35 bits per heavy atom. The van der Waals surface area contributed by atoms with Crippen molar-refractivity contribution in [3.8, 4) is 6.07 Å². The summed E-state index contributed by atoms with van der Waals surface area (Å²) in [5.74, 6) is 0.926. The van der Waals surface area contributed by atoms with Crippen LogP contribution in [0.4, 0.5) is 0 Å². The van der Waals surface area contributed by atoms with E-state index in [4.69, 9.17) is 5.11 Å². The molecule has 5 heteroatoms. The van der Waals surface area contributed by atoms with Gasteiger partial charge in [0.25, 0.3) is 0 Å². The fraction of sp³-hybridized carbons (Fsp3) is 0.533. The molecule has 0 aliphatic heterocycles. The first-order valence-corrected chi connectivity index (χ1v) is 7.80. The third kappa shape index (κ3) is 4.80. The second kappa shape index (κ2) is 8.28. The number of hydrogen-bond acceptors (Lipinski definition) is 5. The standard InChI is InChI=1S/C15H22N2O2S/c1-12(2)17-15(10-16,11-20-9-14(19)8-18)13-6-4-3-5-7-13/h3-7,12,14,17-19H,8-9,11H2,1-2H3. The number of aliphatic hydroxyl groups is 2. The van der Waals surface area contributed by atoms with E-state index >= 15 is 0 Å². The van der Waals surface area contributed by atoms with Gasteiger partial charge in [-0.15, -0.1) is 0 Å². The van der Waals surface area contributed by atoms with Crippen molar-refractivity contribution in [3.05, 3.63) is 35.9 Å². The zero-order chi connectivity index (χ0) is 15.0. The molecule has 1 aromatic rings. The maximum Gasteiger partial charge on any atom is 0.141 e. The second-order valence-corrected chi connectivity index (χ2v) is 6.06. The van der Waals surface area contributed by atoms with Crippen molar-refractivity contribution >= 4 is 11.8 Å². The number of rotatable bonds is 8. The van der Waals surface area contributed by atoms with Crippen molar-refractivity contribution < 1.29 is 10.2 Å². The maximum absolute atomic E-state index is 9.66. The molecule has 2 unspecified atom stereocenters. The molecule has 20 heavy (non-hydrogen) atoms.